The lowest BCUT2D eigenvalue weighted by Crippen LogP contribution is -2.30. The van der Waals surface area contributed by atoms with Gasteiger partial charge < -0.3 is 4.90 Å². The molecule has 160 valence electrons. The van der Waals surface area contributed by atoms with Crippen LogP contribution in [0.1, 0.15) is 51.3 Å². The predicted molar refractivity (Wildman–Crippen MR) is 129 cm³/mol. The molecule has 0 bridgehead atoms. The van der Waals surface area contributed by atoms with Crippen LogP contribution in [-0.2, 0) is 15.6 Å². The van der Waals surface area contributed by atoms with Crippen molar-refractivity contribution in [2.45, 2.75) is 52.4 Å². The number of carbonyl (C=O) groups excluding carboxylic acids is 1. The Morgan fingerprint density at radius 1 is 1.13 bits per heavy atom. The minimum absolute atomic E-state index is 0.120. The maximum absolute atomic E-state index is 12.0. The van der Waals surface area contributed by atoms with Gasteiger partial charge in [-0.05, 0) is 37.1 Å². The number of allylic oxidation sites excluding steroid dienone is 3. The summed E-state index contributed by atoms with van der Waals surface area (Å²) in [6.45, 7) is 17.4. The Morgan fingerprint density at radius 2 is 1.84 bits per heavy atom. The number of hydrogen-bond acceptors (Lipinski definition) is 2. The first kappa shape index (κ1) is 21.2. The molecular formula is C28H32N2O. The van der Waals surface area contributed by atoms with Gasteiger partial charge in [-0.15, -0.1) is 6.08 Å². The van der Waals surface area contributed by atoms with Gasteiger partial charge in [0.05, 0.1) is 13.3 Å². The quantitative estimate of drug-likeness (QED) is 0.455. The molecule has 31 heavy (non-hydrogen) atoms. The van der Waals surface area contributed by atoms with Crippen LogP contribution in [0.25, 0.3) is 0 Å². The van der Waals surface area contributed by atoms with E-state index in [1.807, 2.05) is 10.6 Å². The summed E-state index contributed by atoms with van der Waals surface area (Å²) in [7, 11) is 0. The van der Waals surface area contributed by atoms with Crippen molar-refractivity contribution in [1.29, 1.82) is 0 Å². The molecule has 0 amide bonds. The lowest BCUT2D eigenvalue weighted by molar-refractivity contribution is -0.405. The van der Waals surface area contributed by atoms with Gasteiger partial charge >= 0.3 is 0 Å². The Kier molecular flexibility index (Phi) is 4.96. The molecule has 0 fully saturated rings. The van der Waals surface area contributed by atoms with Gasteiger partial charge in [-0.2, -0.15) is 0 Å². The second-order valence-electron chi connectivity index (χ2n) is 9.80. The van der Waals surface area contributed by atoms with Crippen molar-refractivity contribution >= 4 is 23.9 Å². The van der Waals surface area contributed by atoms with Crippen LogP contribution in [0.4, 0.5) is 11.4 Å². The van der Waals surface area contributed by atoms with Crippen molar-refractivity contribution in [3.63, 3.8) is 0 Å². The molecule has 0 saturated heterocycles. The van der Waals surface area contributed by atoms with E-state index in [0.29, 0.717) is 6.54 Å². The largest absolute Gasteiger partial charge is 0.337 e. The van der Waals surface area contributed by atoms with Gasteiger partial charge in [0.15, 0.2) is 0 Å². The van der Waals surface area contributed by atoms with Gasteiger partial charge in [-0.1, -0.05) is 75.7 Å². The molecule has 0 spiro atoms. The van der Waals surface area contributed by atoms with Crippen LogP contribution in [-0.4, -0.2) is 23.6 Å². The Hall–Kier alpha value is -3.07. The van der Waals surface area contributed by atoms with Gasteiger partial charge in [-0.3, -0.25) is 9.37 Å². The van der Waals surface area contributed by atoms with E-state index in [4.69, 9.17) is 0 Å². The van der Waals surface area contributed by atoms with Crippen molar-refractivity contribution in [3.05, 3.63) is 89.1 Å². The van der Waals surface area contributed by atoms with Gasteiger partial charge in [0.1, 0.15) is 17.5 Å². The SMILES string of the molecule is C=[N+]1c2ccc(C)cc2C(C)(C)[C-]1C=CC=C1N(CC(C)=O)c2ccccc2C1(C)C. The highest BCUT2D eigenvalue weighted by atomic mass is 16.1. The Balaban J connectivity index is 1.70. The third-order valence-corrected chi connectivity index (χ3v) is 6.74. The summed E-state index contributed by atoms with van der Waals surface area (Å²) in [5.74, 6) is 0.156. The third kappa shape index (κ3) is 3.33. The van der Waals surface area contributed by atoms with Crippen molar-refractivity contribution in [2.24, 2.45) is 0 Å². The molecular weight excluding hydrogens is 380 g/mol. The molecule has 0 atom stereocenters. The molecule has 0 saturated carbocycles. The topological polar surface area (TPSA) is 23.3 Å². The Morgan fingerprint density at radius 3 is 2.55 bits per heavy atom. The molecule has 2 aliphatic heterocycles. The van der Waals surface area contributed by atoms with E-state index in [9.17, 15) is 4.79 Å². The van der Waals surface area contributed by atoms with E-state index in [1.54, 1.807) is 6.92 Å². The number of fused-ring (bicyclic) bond motifs is 2. The first-order chi connectivity index (χ1) is 14.5. The van der Waals surface area contributed by atoms with Gasteiger partial charge in [0.25, 0.3) is 0 Å². The Labute approximate surface area is 186 Å². The zero-order valence-electron chi connectivity index (χ0n) is 19.5. The van der Waals surface area contributed by atoms with Crippen LogP contribution in [0.15, 0.2) is 66.4 Å². The molecule has 2 aromatic carbocycles. The van der Waals surface area contributed by atoms with E-state index in [-0.39, 0.29) is 16.6 Å². The number of rotatable bonds is 4. The highest BCUT2D eigenvalue weighted by Crippen LogP contribution is 2.49. The summed E-state index contributed by atoms with van der Waals surface area (Å²) >= 11 is 0. The predicted octanol–water partition coefficient (Wildman–Crippen LogP) is 5.99. The number of Topliss-reactive ketones (excluding diaryl/α,β-unsaturated/α-hetero) is 1. The molecule has 4 rings (SSSR count). The average molecular weight is 413 g/mol. The minimum Gasteiger partial charge on any atom is -0.337 e. The maximum Gasteiger partial charge on any atom is 0.149 e. The molecule has 0 N–H and O–H groups in total. The highest BCUT2D eigenvalue weighted by molar-refractivity contribution is 5.85. The fourth-order valence-electron chi connectivity index (χ4n) is 5.05. The van der Waals surface area contributed by atoms with E-state index >= 15 is 0 Å². The summed E-state index contributed by atoms with van der Waals surface area (Å²) in [6.07, 6.45) is 6.44. The lowest BCUT2D eigenvalue weighted by Gasteiger charge is -2.27. The van der Waals surface area contributed by atoms with Gasteiger partial charge in [0.2, 0.25) is 0 Å². The molecule has 0 aliphatic carbocycles. The first-order valence-corrected chi connectivity index (χ1v) is 10.9. The second-order valence-corrected chi connectivity index (χ2v) is 9.80. The fraction of sp³-hybridized carbons (Fsp3) is 0.321. The van der Waals surface area contributed by atoms with Crippen LogP contribution >= 0.6 is 0 Å². The van der Waals surface area contributed by atoms with Crippen molar-refractivity contribution < 1.29 is 9.37 Å². The zero-order valence-corrected chi connectivity index (χ0v) is 19.5. The number of aryl methyl sites for hydroxylation is 1. The maximum atomic E-state index is 12.0. The molecule has 0 unspecified atom stereocenters. The number of anilines is 1. The summed E-state index contributed by atoms with van der Waals surface area (Å²) < 4.78 is 2.05. The number of nitrogens with zero attached hydrogens (tertiary/aromatic N) is 2. The van der Waals surface area contributed by atoms with E-state index < -0.39 is 0 Å². The minimum atomic E-state index is -0.170. The monoisotopic (exact) mass is 412 g/mol. The van der Waals surface area contributed by atoms with Crippen LogP contribution in [0, 0.1) is 13.0 Å². The highest BCUT2D eigenvalue weighted by Gasteiger charge is 2.43. The van der Waals surface area contributed by atoms with Crippen molar-refractivity contribution in [2.75, 3.05) is 11.4 Å². The second kappa shape index (κ2) is 7.26. The number of para-hydroxylation sites is 1. The van der Waals surface area contributed by atoms with Crippen LogP contribution < -0.4 is 4.90 Å². The summed E-state index contributed by atoms with van der Waals surface area (Å²) in [6, 6.07) is 16.1. The molecule has 3 heteroatoms. The molecule has 3 nitrogen and oxygen atoms in total. The summed E-state index contributed by atoms with van der Waals surface area (Å²) in [5.41, 5.74) is 6.96. The van der Waals surface area contributed by atoms with Crippen molar-refractivity contribution in [3.8, 4) is 0 Å². The van der Waals surface area contributed by atoms with Crippen LogP contribution in [0.5, 0.6) is 0 Å². The third-order valence-electron chi connectivity index (χ3n) is 6.74. The van der Waals surface area contributed by atoms with E-state index in [2.05, 4.69) is 101 Å². The average Bonchev–Trinajstić information content (AvgIpc) is 3.02. The van der Waals surface area contributed by atoms with E-state index in [1.165, 1.54) is 16.7 Å². The molecule has 2 heterocycles. The first-order valence-electron chi connectivity index (χ1n) is 10.9. The van der Waals surface area contributed by atoms with Gasteiger partial charge in [0, 0.05) is 22.2 Å². The fourth-order valence-corrected chi connectivity index (χ4v) is 5.05. The number of carbonyl (C=O) groups is 1. The molecule has 0 radical (unpaired) electrons. The zero-order chi connectivity index (χ0) is 22.6. The van der Waals surface area contributed by atoms with Crippen LogP contribution in [0.2, 0.25) is 0 Å². The normalized spacial score (nSPS) is 19.9. The van der Waals surface area contributed by atoms with Gasteiger partial charge in [-0.25, -0.2) is 0 Å². The lowest BCUT2D eigenvalue weighted by atomic mass is 9.80. The molecule has 2 aromatic rings. The molecule has 0 aromatic heterocycles. The molecule has 2 aliphatic rings. The van der Waals surface area contributed by atoms with Crippen molar-refractivity contribution in [1.82, 2.24) is 0 Å². The number of ketones is 1. The summed E-state index contributed by atoms with van der Waals surface area (Å²) in [4.78, 5) is 14.2. The summed E-state index contributed by atoms with van der Waals surface area (Å²) in [5, 5.41) is 0. The number of hydrogen-bond donors (Lipinski definition) is 0. The smallest absolute Gasteiger partial charge is 0.149 e. The standard InChI is InChI=1S/C28H32N2O/c1-19-15-16-23-22(17-19)28(5,6)25(29(23)7)13-10-14-26-27(3,4)21-11-8-9-12-24(21)30(26)18-20(2)31/h8-17H,7,18H2,1-6H3. The van der Waals surface area contributed by atoms with E-state index in [0.717, 1.165) is 23.1 Å². The van der Waals surface area contributed by atoms with Crippen LogP contribution in [0.3, 0.4) is 0 Å². The Bertz CT molecular complexity index is 1130. The number of benzene rings is 2.